The highest BCUT2D eigenvalue weighted by atomic mass is 16.5. The number of fused-ring (bicyclic) bond motifs is 5. The van der Waals surface area contributed by atoms with Crippen LogP contribution in [0.4, 0.5) is 5.69 Å². The number of hydrogen-bond acceptors (Lipinski definition) is 5. The Morgan fingerprint density at radius 1 is 1.04 bits per heavy atom. The number of ether oxygens (including phenoxy) is 1. The van der Waals surface area contributed by atoms with E-state index in [0.717, 1.165) is 70.7 Å². The van der Waals surface area contributed by atoms with Crippen LogP contribution in [0.3, 0.4) is 0 Å². The molecule has 3 fully saturated rings. The van der Waals surface area contributed by atoms with Crippen molar-refractivity contribution in [1.29, 1.82) is 0 Å². The molecular weight excluding hydrogens is 600 g/mol. The van der Waals surface area contributed by atoms with Gasteiger partial charge in [-0.2, -0.15) is 0 Å². The predicted octanol–water partition coefficient (Wildman–Crippen LogP) is 6.46. The molecule has 1 saturated heterocycles. The van der Waals surface area contributed by atoms with Gasteiger partial charge in [0.2, 0.25) is 5.91 Å². The molecule has 5 aromatic rings. The molecule has 0 unspecified atom stereocenters. The number of likely N-dealkylation sites (tertiary alicyclic amines) is 1. The number of rotatable bonds is 6. The number of nitrogens with zero attached hydrogens (tertiary/aromatic N) is 4. The van der Waals surface area contributed by atoms with Gasteiger partial charge in [0.25, 0.3) is 5.91 Å². The van der Waals surface area contributed by atoms with Gasteiger partial charge in [-0.05, 0) is 90.6 Å². The lowest BCUT2D eigenvalue weighted by atomic mass is 9.77. The fourth-order valence-corrected chi connectivity index (χ4v) is 8.72. The normalized spacial score (nSPS) is 22.8. The number of methoxy groups -OCH3 is 1. The van der Waals surface area contributed by atoms with Gasteiger partial charge < -0.3 is 29.8 Å². The van der Waals surface area contributed by atoms with Gasteiger partial charge in [0.05, 0.1) is 18.3 Å². The molecule has 9 heteroatoms. The second kappa shape index (κ2) is 10.4. The summed E-state index contributed by atoms with van der Waals surface area (Å²) in [5.41, 5.74) is 15.0. The Hall–Kier alpha value is -4.63. The molecule has 2 saturated carbocycles. The van der Waals surface area contributed by atoms with Crippen LogP contribution in [0.2, 0.25) is 0 Å². The van der Waals surface area contributed by atoms with Gasteiger partial charge in [0, 0.05) is 66.2 Å². The maximum atomic E-state index is 13.8. The van der Waals surface area contributed by atoms with E-state index in [1.807, 2.05) is 30.1 Å². The van der Waals surface area contributed by atoms with Gasteiger partial charge in [-0.15, -0.1) is 0 Å². The summed E-state index contributed by atoms with van der Waals surface area (Å²) < 4.78 is 10.4. The summed E-state index contributed by atoms with van der Waals surface area (Å²) in [6.07, 6.45) is 5.01. The number of hydrogen-bond donors (Lipinski definition) is 2. The number of anilines is 1. The number of amides is 2. The highest BCUT2D eigenvalue weighted by Gasteiger charge is 2.47. The molecule has 0 radical (unpaired) electrons. The average molecular weight is 643 g/mol. The standard InChI is InChI=1S/C39H42N6O3/c1-39(2)18-34(46)41-28-11-9-22(13-27(28)39)23-7-8-24-16-32(44(31(24)15-23)19-21-5-6-21)37-42-29-14-26(17-33(48-4)36(29)43(37)3)38(47)45-20-25-10-12-30(45)35(25)40/h7-9,11,13-17,21,25,30,35H,5-6,10,12,18-20,40H2,1-4H3,(H,41,46)/t25-,30-,35-/m1/s1. The Balaban J connectivity index is 1.14. The molecule has 3 atom stereocenters. The second-order valence-corrected chi connectivity index (χ2v) is 15.2. The van der Waals surface area contributed by atoms with E-state index in [1.54, 1.807) is 7.11 Å². The zero-order chi connectivity index (χ0) is 33.1. The molecule has 3 aromatic carbocycles. The third-order valence-electron chi connectivity index (χ3n) is 11.5. The molecule has 4 aliphatic rings. The van der Waals surface area contributed by atoms with E-state index in [0.29, 0.717) is 29.6 Å². The first-order chi connectivity index (χ1) is 23.1. The van der Waals surface area contributed by atoms with Gasteiger partial charge >= 0.3 is 0 Å². The fourth-order valence-electron chi connectivity index (χ4n) is 8.72. The van der Waals surface area contributed by atoms with Crippen LogP contribution in [0.5, 0.6) is 5.75 Å². The Kier molecular flexibility index (Phi) is 6.41. The Bertz CT molecular complexity index is 2170. The van der Waals surface area contributed by atoms with Gasteiger partial charge in [-0.25, -0.2) is 4.98 Å². The van der Waals surface area contributed by atoms with E-state index < -0.39 is 0 Å². The van der Waals surface area contributed by atoms with Crippen LogP contribution in [0, 0.1) is 11.8 Å². The number of aryl methyl sites for hydroxylation is 1. The molecule has 9 nitrogen and oxygen atoms in total. The van der Waals surface area contributed by atoms with Crippen molar-refractivity contribution >= 4 is 39.4 Å². The molecule has 2 bridgehead atoms. The summed E-state index contributed by atoms with van der Waals surface area (Å²) in [6.45, 7) is 5.93. The molecule has 9 rings (SSSR count). The zero-order valence-corrected chi connectivity index (χ0v) is 28.0. The van der Waals surface area contributed by atoms with E-state index in [-0.39, 0.29) is 29.3 Å². The van der Waals surface area contributed by atoms with Crippen molar-refractivity contribution in [3.8, 4) is 28.4 Å². The van der Waals surface area contributed by atoms with E-state index in [9.17, 15) is 9.59 Å². The Morgan fingerprint density at radius 2 is 1.83 bits per heavy atom. The zero-order valence-electron chi connectivity index (χ0n) is 28.0. The summed E-state index contributed by atoms with van der Waals surface area (Å²) in [7, 11) is 3.69. The number of aromatic nitrogens is 3. The first-order valence-corrected chi connectivity index (χ1v) is 17.3. The first-order valence-electron chi connectivity index (χ1n) is 17.3. The van der Waals surface area contributed by atoms with Crippen LogP contribution in [0.1, 0.15) is 61.9 Å². The Labute approximate surface area is 280 Å². The highest BCUT2D eigenvalue weighted by molar-refractivity contribution is 6.01. The highest BCUT2D eigenvalue weighted by Crippen LogP contribution is 2.42. The minimum atomic E-state index is -0.232. The molecular formula is C39H42N6O3. The summed E-state index contributed by atoms with van der Waals surface area (Å²) >= 11 is 0. The number of imidazole rings is 1. The second-order valence-electron chi connectivity index (χ2n) is 15.2. The van der Waals surface area contributed by atoms with E-state index in [4.69, 9.17) is 15.5 Å². The van der Waals surface area contributed by atoms with Crippen molar-refractivity contribution in [2.75, 3.05) is 19.0 Å². The van der Waals surface area contributed by atoms with Crippen molar-refractivity contribution in [3.63, 3.8) is 0 Å². The Morgan fingerprint density at radius 3 is 2.56 bits per heavy atom. The van der Waals surface area contributed by atoms with Crippen LogP contribution in [0.25, 0.3) is 44.6 Å². The average Bonchev–Trinajstić information content (AvgIpc) is 3.47. The van der Waals surface area contributed by atoms with Gasteiger partial charge in [0.15, 0.2) is 5.82 Å². The largest absolute Gasteiger partial charge is 0.494 e. The number of piperidine rings is 1. The van der Waals surface area contributed by atoms with Gasteiger partial charge in [-0.3, -0.25) is 9.59 Å². The van der Waals surface area contributed by atoms with Gasteiger partial charge in [0.1, 0.15) is 11.3 Å². The van der Waals surface area contributed by atoms with E-state index in [2.05, 4.69) is 64.7 Å². The smallest absolute Gasteiger partial charge is 0.254 e. The van der Waals surface area contributed by atoms with Crippen molar-refractivity contribution < 1.29 is 14.3 Å². The minimum absolute atomic E-state index is 0.00776. The molecule has 4 heterocycles. The number of carbonyl (C=O) groups is 2. The van der Waals surface area contributed by atoms with Crippen molar-refractivity contribution in [1.82, 2.24) is 19.0 Å². The maximum absolute atomic E-state index is 13.8. The lowest BCUT2D eigenvalue weighted by molar-refractivity contribution is -0.117. The lowest BCUT2D eigenvalue weighted by Crippen LogP contribution is -2.41. The van der Waals surface area contributed by atoms with Crippen LogP contribution in [-0.2, 0) is 23.8 Å². The number of carbonyl (C=O) groups excluding carboxylic acids is 2. The number of benzene rings is 3. The van der Waals surface area contributed by atoms with Crippen LogP contribution in [0.15, 0.2) is 54.6 Å². The minimum Gasteiger partial charge on any atom is -0.494 e. The quantitative estimate of drug-likeness (QED) is 0.221. The summed E-state index contributed by atoms with van der Waals surface area (Å²) in [4.78, 5) is 33.2. The van der Waals surface area contributed by atoms with Crippen molar-refractivity contribution in [3.05, 3.63) is 65.7 Å². The first kappa shape index (κ1) is 29.5. The SMILES string of the molecule is COc1cc(C(=O)N2C[C@H]3CC[C@@H]2[C@@H]3N)cc2nc(-c3cc4ccc(-c5ccc6c(c5)C(C)(C)CC(=O)N6)cc4n3CC3CC3)n(C)c12. The van der Waals surface area contributed by atoms with E-state index >= 15 is 0 Å². The maximum Gasteiger partial charge on any atom is 0.254 e. The van der Waals surface area contributed by atoms with Crippen molar-refractivity contribution in [2.45, 2.75) is 70.0 Å². The molecule has 2 aliphatic carbocycles. The number of nitrogens with one attached hydrogen (secondary N) is 1. The molecule has 2 aliphatic heterocycles. The summed E-state index contributed by atoms with van der Waals surface area (Å²) in [6, 6.07) is 19.3. The van der Waals surface area contributed by atoms with E-state index in [1.165, 1.54) is 23.9 Å². The summed E-state index contributed by atoms with van der Waals surface area (Å²) in [5.74, 6) is 2.60. The topological polar surface area (TPSA) is 107 Å². The lowest BCUT2D eigenvalue weighted by Gasteiger charge is -2.32. The van der Waals surface area contributed by atoms with Crippen LogP contribution in [-0.4, -0.2) is 56.6 Å². The van der Waals surface area contributed by atoms with Crippen LogP contribution >= 0.6 is 0 Å². The van der Waals surface area contributed by atoms with Gasteiger partial charge in [-0.1, -0.05) is 32.0 Å². The fraction of sp³-hybridized carbons (Fsp3) is 0.410. The van der Waals surface area contributed by atoms with Crippen LogP contribution < -0.4 is 15.8 Å². The monoisotopic (exact) mass is 642 g/mol. The summed E-state index contributed by atoms with van der Waals surface area (Å²) in [5, 5.41) is 4.21. The molecule has 3 N–H and O–H groups in total. The predicted molar refractivity (Wildman–Crippen MR) is 188 cm³/mol. The van der Waals surface area contributed by atoms with Crippen molar-refractivity contribution in [2.24, 2.45) is 24.6 Å². The molecule has 48 heavy (non-hydrogen) atoms. The number of nitrogens with two attached hydrogens (primary N) is 1. The third kappa shape index (κ3) is 4.50. The molecule has 2 amide bonds. The third-order valence-corrected chi connectivity index (χ3v) is 11.5. The molecule has 2 aromatic heterocycles. The molecule has 246 valence electrons. The molecule has 0 spiro atoms.